The van der Waals surface area contributed by atoms with Crippen LogP contribution in [0.25, 0.3) is 0 Å². The lowest BCUT2D eigenvalue weighted by molar-refractivity contribution is 0.0562. The molecule has 1 saturated heterocycles. The van der Waals surface area contributed by atoms with E-state index in [1.165, 1.54) is 0 Å². The molecule has 2 rings (SSSR count). The van der Waals surface area contributed by atoms with Crippen LogP contribution in [0.4, 0.5) is 0 Å². The van der Waals surface area contributed by atoms with Gasteiger partial charge in [0.25, 0.3) is 0 Å². The van der Waals surface area contributed by atoms with E-state index >= 15 is 0 Å². The first-order valence-electron chi connectivity index (χ1n) is 5.75. The van der Waals surface area contributed by atoms with Crippen molar-refractivity contribution in [1.82, 2.24) is 4.90 Å². The van der Waals surface area contributed by atoms with Crippen molar-refractivity contribution in [2.75, 3.05) is 26.3 Å². The lowest BCUT2D eigenvalue weighted by Crippen LogP contribution is -2.32. The zero-order valence-corrected chi connectivity index (χ0v) is 9.67. The van der Waals surface area contributed by atoms with Crippen LogP contribution in [0.2, 0.25) is 0 Å². The lowest BCUT2D eigenvalue weighted by Gasteiger charge is -2.20. The summed E-state index contributed by atoms with van der Waals surface area (Å²) in [5.74, 6) is 0. The summed E-state index contributed by atoms with van der Waals surface area (Å²) in [6.07, 6.45) is -0.420. The normalized spacial score (nSPS) is 21.8. The average Bonchev–Trinajstić information content (AvgIpc) is 2.54. The summed E-state index contributed by atoms with van der Waals surface area (Å²) >= 11 is 0. The van der Waals surface area contributed by atoms with Crippen LogP contribution in [0.1, 0.15) is 11.1 Å². The first-order valence-corrected chi connectivity index (χ1v) is 5.75. The molecule has 0 bridgehead atoms. The summed E-state index contributed by atoms with van der Waals surface area (Å²) in [4.78, 5) is 2.15. The maximum atomic E-state index is 9.62. The second-order valence-corrected chi connectivity index (χ2v) is 4.28. The number of ether oxygens (including phenoxy) is 1. The first-order chi connectivity index (χ1) is 8.28. The highest BCUT2D eigenvalue weighted by atomic mass is 16.5. The fourth-order valence-corrected chi connectivity index (χ4v) is 2.00. The number of rotatable bonds is 2. The van der Waals surface area contributed by atoms with Crippen molar-refractivity contribution in [2.24, 2.45) is 0 Å². The van der Waals surface area contributed by atoms with E-state index in [4.69, 9.17) is 10.00 Å². The molecule has 0 aromatic heterocycles. The molecule has 17 heavy (non-hydrogen) atoms. The molecule has 1 aliphatic heterocycles. The molecule has 4 heteroatoms. The molecule has 0 unspecified atom stereocenters. The summed E-state index contributed by atoms with van der Waals surface area (Å²) in [5, 5.41) is 18.5. The second kappa shape index (κ2) is 5.78. The average molecular weight is 232 g/mol. The van der Waals surface area contributed by atoms with E-state index < -0.39 is 6.10 Å². The van der Waals surface area contributed by atoms with Gasteiger partial charge in [0.1, 0.15) is 0 Å². The quantitative estimate of drug-likeness (QED) is 0.817. The van der Waals surface area contributed by atoms with Gasteiger partial charge in [-0.25, -0.2) is 0 Å². The van der Waals surface area contributed by atoms with Gasteiger partial charge < -0.3 is 9.84 Å². The van der Waals surface area contributed by atoms with Crippen molar-refractivity contribution in [3.8, 4) is 6.07 Å². The molecular weight excluding hydrogens is 216 g/mol. The van der Waals surface area contributed by atoms with Gasteiger partial charge >= 0.3 is 0 Å². The Morgan fingerprint density at radius 2 is 2.41 bits per heavy atom. The number of nitriles is 1. The van der Waals surface area contributed by atoms with Crippen LogP contribution < -0.4 is 0 Å². The standard InChI is InChI=1S/C13H16N2O2/c14-7-11-2-1-3-12(6-11)8-15-4-5-17-10-13(16)9-15/h1-3,6,13,16H,4-5,8-10H2/t13-/m1/s1. The number of aliphatic hydroxyl groups is 1. The van der Waals surface area contributed by atoms with Crippen molar-refractivity contribution in [3.05, 3.63) is 35.4 Å². The van der Waals surface area contributed by atoms with Crippen molar-refractivity contribution >= 4 is 0 Å². The van der Waals surface area contributed by atoms with E-state index in [2.05, 4.69) is 11.0 Å². The summed E-state index contributed by atoms with van der Waals surface area (Å²) < 4.78 is 5.28. The zero-order valence-electron chi connectivity index (χ0n) is 9.67. The van der Waals surface area contributed by atoms with Gasteiger partial charge in [-0.05, 0) is 17.7 Å². The fraction of sp³-hybridized carbons (Fsp3) is 0.462. The molecule has 1 N–H and O–H groups in total. The third-order valence-corrected chi connectivity index (χ3v) is 2.79. The highest BCUT2D eigenvalue weighted by Gasteiger charge is 2.16. The summed E-state index contributed by atoms with van der Waals surface area (Å²) in [6, 6.07) is 9.70. The van der Waals surface area contributed by atoms with Crippen molar-refractivity contribution in [3.63, 3.8) is 0 Å². The van der Waals surface area contributed by atoms with Gasteiger partial charge in [-0.15, -0.1) is 0 Å². The molecule has 0 spiro atoms. The SMILES string of the molecule is N#Cc1cccc(CN2CCOC[C@H](O)C2)c1. The number of hydrogen-bond acceptors (Lipinski definition) is 4. The Morgan fingerprint density at radius 1 is 1.53 bits per heavy atom. The third-order valence-electron chi connectivity index (χ3n) is 2.79. The molecule has 1 aromatic carbocycles. The van der Waals surface area contributed by atoms with Gasteiger partial charge in [-0.3, -0.25) is 4.90 Å². The lowest BCUT2D eigenvalue weighted by atomic mass is 10.1. The molecular formula is C13H16N2O2. The zero-order chi connectivity index (χ0) is 12.1. The summed E-state index contributed by atoms with van der Waals surface area (Å²) in [6.45, 7) is 3.24. The molecule has 90 valence electrons. The molecule has 1 fully saturated rings. The predicted molar refractivity (Wildman–Crippen MR) is 63.3 cm³/mol. The van der Waals surface area contributed by atoms with Gasteiger partial charge in [0, 0.05) is 19.6 Å². The largest absolute Gasteiger partial charge is 0.389 e. The maximum absolute atomic E-state index is 9.62. The third kappa shape index (κ3) is 3.53. The molecule has 0 amide bonds. The topological polar surface area (TPSA) is 56.5 Å². The fourth-order valence-electron chi connectivity index (χ4n) is 2.00. The van der Waals surface area contributed by atoms with Crippen LogP contribution in [-0.4, -0.2) is 42.4 Å². The Hall–Kier alpha value is -1.41. The molecule has 1 heterocycles. The smallest absolute Gasteiger partial charge is 0.0991 e. The van der Waals surface area contributed by atoms with Crippen molar-refractivity contribution < 1.29 is 9.84 Å². The van der Waals surface area contributed by atoms with Crippen LogP contribution in [0, 0.1) is 11.3 Å². The Balaban J connectivity index is 2.01. The Labute approximate surface area is 101 Å². The van der Waals surface area contributed by atoms with Crippen LogP contribution in [-0.2, 0) is 11.3 Å². The number of benzene rings is 1. The molecule has 0 saturated carbocycles. The van der Waals surface area contributed by atoms with E-state index in [1.54, 1.807) is 6.07 Å². The highest BCUT2D eigenvalue weighted by Crippen LogP contribution is 2.09. The monoisotopic (exact) mass is 232 g/mol. The molecule has 0 aliphatic carbocycles. The van der Waals surface area contributed by atoms with Crippen LogP contribution >= 0.6 is 0 Å². The maximum Gasteiger partial charge on any atom is 0.0991 e. The molecule has 1 aliphatic rings. The van der Waals surface area contributed by atoms with Crippen LogP contribution in [0.3, 0.4) is 0 Å². The summed E-state index contributed by atoms with van der Waals surface area (Å²) in [5.41, 5.74) is 1.77. The van der Waals surface area contributed by atoms with Gasteiger partial charge in [0.2, 0.25) is 0 Å². The van der Waals surface area contributed by atoms with Gasteiger partial charge in [-0.2, -0.15) is 5.26 Å². The number of β-amino-alcohol motifs (C(OH)–C–C–N with tert-alkyl or cyclic N) is 1. The van der Waals surface area contributed by atoms with E-state index in [0.29, 0.717) is 25.3 Å². The minimum absolute atomic E-state index is 0.411. The molecule has 4 nitrogen and oxygen atoms in total. The second-order valence-electron chi connectivity index (χ2n) is 4.28. The van der Waals surface area contributed by atoms with E-state index in [-0.39, 0.29) is 0 Å². The Kier molecular flexibility index (Phi) is 4.10. The van der Waals surface area contributed by atoms with Crippen molar-refractivity contribution in [1.29, 1.82) is 5.26 Å². The van der Waals surface area contributed by atoms with Crippen molar-refractivity contribution in [2.45, 2.75) is 12.6 Å². The Bertz CT molecular complexity index is 414. The van der Waals surface area contributed by atoms with E-state index in [1.807, 2.05) is 18.2 Å². The van der Waals surface area contributed by atoms with Gasteiger partial charge in [0.15, 0.2) is 0 Å². The van der Waals surface area contributed by atoms with Gasteiger partial charge in [0.05, 0.1) is 31.0 Å². The molecule has 1 aromatic rings. The van der Waals surface area contributed by atoms with Gasteiger partial charge in [-0.1, -0.05) is 12.1 Å². The minimum atomic E-state index is -0.420. The first kappa shape index (κ1) is 12.1. The predicted octanol–water partition coefficient (Wildman–Crippen LogP) is 0.751. The number of nitrogens with zero attached hydrogens (tertiary/aromatic N) is 2. The van der Waals surface area contributed by atoms with Crippen LogP contribution in [0.15, 0.2) is 24.3 Å². The molecule has 0 radical (unpaired) electrons. The number of aliphatic hydroxyl groups excluding tert-OH is 1. The Morgan fingerprint density at radius 3 is 3.24 bits per heavy atom. The van der Waals surface area contributed by atoms with E-state index in [9.17, 15) is 5.11 Å². The molecule has 1 atom stereocenters. The van der Waals surface area contributed by atoms with Crippen LogP contribution in [0.5, 0.6) is 0 Å². The minimum Gasteiger partial charge on any atom is -0.389 e. The van der Waals surface area contributed by atoms with E-state index in [0.717, 1.165) is 18.7 Å². The summed E-state index contributed by atoms with van der Waals surface area (Å²) in [7, 11) is 0. The highest BCUT2D eigenvalue weighted by molar-refractivity contribution is 5.32. The number of hydrogen-bond donors (Lipinski definition) is 1.